The fourth-order valence-electron chi connectivity index (χ4n) is 4.56. The zero-order chi connectivity index (χ0) is 26.0. The maximum absolute atomic E-state index is 15.0. The summed E-state index contributed by atoms with van der Waals surface area (Å²) >= 11 is 0. The van der Waals surface area contributed by atoms with Crippen LogP contribution in [0.5, 0.6) is 5.75 Å². The molecule has 8 heteroatoms. The second-order valence-electron chi connectivity index (χ2n) is 8.85. The number of halogens is 5. The lowest BCUT2D eigenvalue weighted by atomic mass is 9.82. The molecule has 3 aromatic carbocycles. The van der Waals surface area contributed by atoms with Gasteiger partial charge >= 0.3 is 5.97 Å². The van der Waals surface area contributed by atoms with Gasteiger partial charge in [-0.05, 0) is 86.4 Å². The summed E-state index contributed by atoms with van der Waals surface area (Å²) in [5.41, 5.74) is 0.192. The van der Waals surface area contributed by atoms with Crippen molar-refractivity contribution in [2.75, 3.05) is 6.61 Å². The molecule has 0 amide bonds. The standard InChI is InChI=1S/C28H25F5O3/c1-3-35-23-13-12-20(25(31)27(23)33)17-7-11-19(22(29)14-17)16-5-8-18(9-6-16)36-28(34)21-10-4-15(2)24(30)26(21)32/h4,7,10-14,16,18H,3,5-6,8-9H2,1-2H3. The first-order valence-electron chi connectivity index (χ1n) is 11.8. The van der Waals surface area contributed by atoms with E-state index in [1.54, 1.807) is 13.0 Å². The Hall–Kier alpha value is -3.42. The molecule has 0 unspecified atom stereocenters. The van der Waals surface area contributed by atoms with Crippen molar-refractivity contribution in [2.45, 2.75) is 51.6 Å². The average Bonchev–Trinajstić information content (AvgIpc) is 2.86. The SMILES string of the molecule is CCOc1ccc(-c2ccc(C3CCC(OC(=O)c4ccc(C)c(F)c4F)CC3)c(F)c2)c(F)c1F. The molecule has 4 rings (SSSR count). The molecule has 190 valence electrons. The lowest BCUT2D eigenvalue weighted by Crippen LogP contribution is -2.25. The largest absolute Gasteiger partial charge is 0.491 e. The molecule has 0 heterocycles. The van der Waals surface area contributed by atoms with E-state index < -0.39 is 46.7 Å². The molecule has 0 N–H and O–H groups in total. The third-order valence-electron chi connectivity index (χ3n) is 6.54. The van der Waals surface area contributed by atoms with Gasteiger partial charge in [-0.1, -0.05) is 18.2 Å². The van der Waals surface area contributed by atoms with Crippen molar-refractivity contribution in [1.82, 2.24) is 0 Å². The number of carbonyl (C=O) groups is 1. The number of rotatable bonds is 6. The zero-order valence-corrected chi connectivity index (χ0v) is 19.8. The fraction of sp³-hybridized carbons (Fsp3) is 0.321. The van der Waals surface area contributed by atoms with Gasteiger partial charge in [0.2, 0.25) is 5.82 Å². The van der Waals surface area contributed by atoms with Crippen molar-refractivity contribution in [3.8, 4) is 16.9 Å². The number of ether oxygens (including phenoxy) is 2. The van der Waals surface area contributed by atoms with Crippen LogP contribution in [0.4, 0.5) is 22.0 Å². The number of esters is 1. The van der Waals surface area contributed by atoms with Crippen molar-refractivity contribution in [3.63, 3.8) is 0 Å². The first kappa shape index (κ1) is 25.7. The Balaban J connectivity index is 1.42. The van der Waals surface area contributed by atoms with Gasteiger partial charge in [0.1, 0.15) is 11.9 Å². The van der Waals surface area contributed by atoms with Crippen LogP contribution in [0, 0.1) is 36.0 Å². The van der Waals surface area contributed by atoms with Crippen LogP contribution in [0.1, 0.15) is 60.0 Å². The van der Waals surface area contributed by atoms with E-state index in [1.165, 1.54) is 43.3 Å². The normalized spacial score (nSPS) is 17.6. The summed E-state index contributed by atoms with van der Waals surface area (Å²) in [7, 11) is 0. The Labute approximate surface area is 205 Å². The minimum atomic E-state index is -1.24. The average molecular weight is 504 g/mol. The van der Waals surface area contributed by atoms with Gasteiger partial charge in [-0.25, -0.2) is 22.4 Å². The number of hydrogen-bond acceptors (Lipinski definition) is 3. The smallest absolute Gasteiger partial charge is 0.341 e. The van der Waals surface area contributed by atoms with Crippen LogP contribution in [-0.2, 0) is 4.74 Å². The van der Waals surface area contributed by atoms with Gasteiger partial charge in [0.05, 0.1) is 12.2 Å². The molecule has 0 aromatic heterocycles. The third-order valence-corrected chi connectivity index (χ3v) is 6.54. The quantitative estimate of drug-likeness (QED) is 0.256. The molecular formula is C28H25F5O3. The molecule has 0 radical (unpaired) electrons. The summed E-state index contributed by atoms with van der Waals surface area (Å²) in [4.78, 5) is 12.3. The summed E-state index contributed by atoms with van der Waals surface area (Å²) in [5.74, 6) is -6.40. The molecule has 0 bridgehead atoms. The summed E-state index contributed by atoms with van der Waals surface area (Å²) in [6.07, 6.45) is 1.36. The fourth-order valence-corrected chi connectivity index (χ4v) is 4.56. The van der Waals surface area contributed by atoms with E-state index in [9.17, 15) is 26.7 Å². The second-order valence-corrected chi connectivity index (χ2v) is 8.85. The Morgan fingerprint density at radius 1 is 0.861 bits per heavy atom. The van der Waals surface area contributed by atoms with E-state index in [0.717, 1.165) is 0 Å². The highest BCUT2D eigenvalue weighted by Crippen LogP contribution is 2.38. The van der Waals surface area contributed by atoms with Crippen LogP contribution in [0.2, 0.25) is 0 Å². The number of carbonyl (C=O) groups excluding carboxylic acids is 1. The lowest BCUT2D eigenvalue weighted by molar-refractivity contribution is 0.0188. The highest BCUT2D eigenvalue weighted by Gasteiger charge is 2.28. The molecule has 0 atom stereocenters. The lowest BCUT2D eigenvalue weighted by Gasteiger charge is -2.29. The molecule has 3 aromatic rings. The third kappa shape index (κ3) is 5.08. The highest BCUT2D eigenvalue weighted by atomic mass is 19.2. The maximum Gasteiger partial charge on any atom is 0.341 e. The van der Waals surface area contributed by atoms with E-state index >= 15 is 0 Å². The van der Waals surface area contributed by atoms with Crippen LogP contribution in [-0.4, -0.2) is 18.7 Å². The van der Waals surface area contributed by atoms with Gasteiger partial charge in [-0.3, -0.25) is 0 Å². The first-order chi connectivity index (χ1) is 17.2. The topological polar surface area (TPSA) is 35.5 Å². The molecule has 1 aliphatic rings. The van der Waals surface area contributed by atoms with E-state index in [-0.39, 0.29) is 35.0 Å². The highest BCUT2D eigenvalue weighted by molar-refractivity contribution is 5.90. The van der Waals surface area contributed by atoms with Gasteiger partial charge < -0.3 is 9.47 Å². The van der Waals surface area contributed by atoms with Crippen LogP contribution < -0.4 is 4.74 Å². The minimum absolute atomic E-state index is 0.0724. The minimum Gasteiger partial charge on any atom is -0.491 e. The van der Waals surface area contributed by atoms with Crippen molar-refractivity contribution >= 4 is 5.97 Å². The van der Waals surface area contributed by atoms with E-state index in [4.69, 9.17) is 9.47 Å². The summed E-state index contributed by atoms with van der Waals surface area (Å²) in [6.45, 7) is 3.23. The van der Waals surface area contributed by atoms with Gasteiger partial charge in [0.15, 0.2) is 23.2 Å². The number of aryl methyl sites for hydroxylation is 1. The molecule has 0 saturated heterocycles. The molecule has 0 aliphatic heterocycles. The Bertz CT molecular complexity index is 1280. The van der Waals surface area contributed by atoms with Gasteiger partial charge in [0, 0.05) is 5.56 Å². The Morgan fingerprint density at radius 3 is 2.25 bits per heavy atom. The first-order valence-corrected chi connectivity index (χ1v) is 11.8. The predicted molar refractivity (Wildman–Crippen MR) is 124 cm³/mol. The van der Waals surface area contributed by atoms with Crippen molar-refractivity contribution in [1.29, 1.82) is 0 Å². The van der Waals surface area contributed by atoms with E-state index in [0.29, 0.717) is 31.2 Å². The van der Waals surface area contributed by atoms with Crippen molar-refractivity contribution in [2.24, 2.45) is 0 Å². The monoisotopic (exact) mass is 504 g/mol. The molecule has 1 saturated carbocycles. The van der Waals surface area contributed by atoms with Crippen LogP contribution in [0.15, 0.2) is 42.5 Å². The summed E-state index contributed by atoms with van der Waals surface area (Å²) in [5, 5.41) is 0. The zero-order valence-electron chi connectivity index (χ0n) is 19.8. The van der Waals surface area contributed by atoms with Gasteiger partial charge in [0.25, 0.3) is 0 Å². The maximum atomic E-state index is 15.0. The van der Waals surface area contributed by atoms with Gasteiger partial charge in [-0.15, -0.1) is 0 Å². The summed E-state index contributed by atoms with van der Waals surface area (Å²) < 4.78 is 82.0. The molecule has 1 fully saturated rings. The van der Waals surface area contributed by atoms with Crippen molar-refractivity contribution < 1.29 is 36.2 Å². The number of benzene rings is 3. The molecule has 3 nitrogen and oxygen atoms in total. The second kappa shape index (κ2) is 10.7. The van der Waals surface area contributed by atoms with Crippen LogP contribution >= 0.6 is 0 Å². The van der Waals surface area contributed by atoms with Crippen LogP contribution in [0.3, 0.4) is 0 Å². The molecular weight excluding hydrogens is 479 g/mol. The van der Waals surface area contributed by atoms with E-state index in [1.807, 2.05) is 0 Å². The van der Waals surface area contributed by atoms with E-state index in [2.05, 4.69) is 0 Å². The van der Waals surface area contributed by atoms with Crippen molar-refractivity contribution in [3.05, 3.63) is 88.2 Å². The summed E-state index contributed by atoms with van der Waals surface area (Å²) in [6, 6.07) is 9.43. The molecule has 1 aliphatic carbocycles. The van der Waals surface area contributed by atoms with Crippen LogP contribution in [0.25, 0.3) is 11.1 Å². The molecule has 0 spiro atoms. The predicted octanol–water partition coefficient (Wildman–Crippen LogP) is 7.64. The Kier molecular flexibility index (Phi) is 7.62. The Morgan fingerprint density at radius 2 is 1.58 bits per heavy atom. The number of hydrogen-bond donors (Lipinski definition) is 0. The molecule has 36 heavy (non-hydrogen) atoms. The van der Waals surface area contributed by atoms with Gasteiger partial charge in [-0.2, -0.15) is 4.39 Å².